The molecule has 0 bridgehead atoms. The average molecular weight is 181 g/mol. The molecule has 4 heteroatoms. The van der Waals surface area contributed by atoms with E-state index in [0.29, 0.717) is 6.42 Å². The van der Waals surface area contributed by atoms with Gasteiger partial charge in [-0.1, -0.05) is 0 Å². The van der Waals surface area contributed by atoms with Crippen molar-refractivity contribution in [2.75, 3.05) is 11.9 Å². The molecule has 0 aliphatic heterocycles. The molecule has 3 N–H and O–H groups in total. The lowest BCUT2D eigenvalue weighted by atomic mass is 10.2. The summed E-state index contributed by atoms with van der Waals surface area (Å²) in [7, 11) is 1.73. The number of carbonyl (C=O) groups is 1. The van der Waals surface area contributed by atoms with Crippen LogP contribution in [0.3, 0.4) is 0 Å². The third-order valence-electron chi connectivity index (χ3n) is 1.81. The van der Waals surface area contributed by atoms with Crippen molar-refractivity contribution in [2.45, 2.75) is 19.4 Å². The number of nitrogens with two attached hydrogens (primary N) is 1. The van der Waals surface area contributed by atoms with Crippen molar-refractivity contribution in [1.29, 1.82) is 0 Å². The van der Waals surface area contributed by atoms with E-state index in [0.717, 1.165) is 5.82 Å². The molecule has 0 radical (unpaired) electrons. The van der Waals surface area contributed by atoms with Gasteiger partial charge in [-0.2, -0.15) is 0 Å². The standard InChI is InChI=1S/C9H15N3O/c1-7(10)6-9(13)12(2)8-4-3-5-11-8/h3-5,7,11H,6,10H2,1-2H3. The van der Waals surface area contributed by atoms with Crippen molar-refractivity contribution < 1.29 is 4.79 Å². The van der Waals surface area contributed by atoms with Gasteiger partial charge in [-0.3, -0.25) is 4.79 Å². The normalized spacial score (nSPS) is 12.5. The maximum atomic E-state index is 11.5. The fraction of sp³-hybridized carbons (Fsp3) is 0.444. The Labute approximate surface area is 77.7 Å². The molecular weight excluding hydrogens is 166 g/mol. The maximum Gasteiger partial charge on any atom is 0.229 e. The zero-order valence-electron chi connectivity index (χ0n) is 7.95. The molecule has 1 heterocycles. The van der Waals surface area contributed by atoms with E-state index in [9.17, 15) is 4.79 Å². The van der Waals surface area contributed by atoms with Crippen molar-refractivity contribution in [3.8, 4) is 0 Å². The lowest BCUT2D eigenvalue weighted by Crippen LogP contribution is -2.31. The molecule has 0 saturated heterocycles. The van der Waals surface area contributed by atoms with E-state index in [1.807, 2.05) is 19.1 Å². The Balaban J connectivity index is 2.58. The Morgan fingerprint density at radius 2 is 2.46 bits per heavy atom. The number of hydrogen-bond acceptors (Lipinski definition) is 2. The fourth-order valence-electron chi connectivity index (χ4n) is 1.08. The maximum absolute atomic E-state index is 11.5. The monoisotopic (exact) mass is 181 g/mol. The first-order valence-corrected chi connectivity index (χ1v) is 4.27. The Bertz CT molecular complexity index is 266. The van der Waals surface area contributed by atoms with E-state index in [2.05, 4.69) is 4.98 Å². The lowest BCUT2D eigenvalue weighted by molar-refractivity contribution is -0.118. The van der Waals surface area contributed by atoms with Crippen molar-refractivity contribution in [1.82, 2.24) is 4.98 Å². The van der Waals surface area contributed by atoms with Gasteiger partial charge < -0.3 is 15.6 Å². The number of hydrogen-bond donors (Lipinski definition) is 2. The van der Waals surface area contributed by atoms with Crippen molar-refractivity contribution >= 4 is 11.7 Å². The molecule has 0 saturated carbocycles. The molecule has 0 aliphatic rings. The number of anilines is 1. The fourth-order valence-corrected chi connectivity index (χ4v) is 1.08. The van der Waals surface area contributed by atoms with Crippen LogP contribution in [0.5, 0.6) is 0 Å². The largest absolute Gasteiger partial charge is 0.348 e. The van der Waals surface area contributed by atoms with Crippen LogP contribution in [-0.4, -0.2) is 24.0 Å². The second-order valence-electron chi connectivity index (χ2n) is 3.19. The van der Waals surface area contributed by atoms with Gasteiger partial charge in [0, 0.05) is 25.7 Å². The van der Waals surface area contributed by atoms with Crippen LogP contribution in [0.2, 0.25) is 0 Å². The summed E-state index contributed by atoms with van der Waals surface area (Å²) in [4.78, 5) is 16.0. The lowest BCUT2D eigenvalue weighted by Gasteiger charge is -2.16. The molecule has 72 valence electrons. The van der Waals surface area contributed by atoms with Gasteiger partial charge in [0.15, 0.2) is 0 Å². The number of aromatic nitrogens is 1. The Morgan fingerprint density at radius 3 is 2.92 bits per heavy atom. The van der Waals surface area contributed by atoms with Gasteiger partial charge in [0.05, 0.1) is 0 Å². The van der Waals surface area contributed by atoms with Crippen molar-refractivity contribution in [3.63, 3.8) is 0 Å². The number of nitrogens with one attached hydrogen (secondary N) is 1. The van der Waals surface area contributed by atoms with Gasteiger partial charge in [-0.15, -0.1) is 0 Å². The molecular formula is C9H15N3O. The number of nitrogens with zero attached hydrogens (tertiary/aromatic N) is 1. The molecule has 1 unspecified atom stereocenters. The number of H-pyrrole nitrogens is 1. The van der Waals surface area contributed by atoms with Gasteiger partial charge in [-0.25, -0.2) is 0 Å². The molecule has 13 heavy (non-hydrogen) atoms. The van der Waals surface area contributed by atoms with Gasteiger partial charge in [0.2, 0.25) is 5.91 Å². The predicted molar refractivity (Wildman–Crippen MR) is 52.5 cm³/mol. The van der Waals surface area contributed by atoms with E-state index < -0.39 is 0 Å². The van der Waals surface area contributed by atoms with E-state index in [1.165, 1.54) is 0 Å². The van der Waals surface area contributed by atoms with Crippen LogP contribution in [-0.2, 0) is 4.79 Å². The zero-order valence-corrected chi connectivity index (χ0v) is 7.95. The SMILES string of the molecule is CC(N)CC(=O)N(C)c1ccc[nH]1. The number of aromatic amines is 1. The highest BCUT2D eigenvalue weighted by atomic mass is 16.2. The minimum atomic E-state index is -0.0927. The molecule has 1 atom stereocenters. The number of rotatable bonds is 3. The highest BCUT2D eigenvalue weighted by Crippen LogP contribution is 2.09. The second kappa shape index (κ2) is 4.09. The molecule has 0 spiro atoms. The number of amides is 1. The molecule has 0 fully saturated rings. The molecule has 0 aromatic carbocycles. The first kappa shape index (κ1) is 9.80. The van der Waals surface area contributed by atoms with Crippen LogP contribution >= 0.6 is 0 Å². The van der Waals surface area contributed by atoms with Gasteiger partial charge in [0.25, 0.3) is 0 Å². The van der Waals surface area contributed by atoms with Crippen LogP contribution in [0.1, 0.15) is 13.3 Å². The summed E-state index contributed by atoms with van der Waals surface area (Å²) in [6, 6.07) is 3.61. The van der Waals surface area contributed by atoms with Crippen LogP contribution in [0.25, 0.3) is 0 Å². The smallest absolute Gasteiger partial charge is 0.229 e. The highest BCUT2D eigenvalue weighted by Gasteiger charge is 2.12. The molecule has 1 aromatic rings. The highest BCUT2D eigenvalue weighted by molar-refractivity contribution is 5.92. The summed E-state index contributed by atoms with van der Waals surface area (Å²) in [5.41, 5.74) is 5.53. The molecule has 0 aliphatic carbocycles. The van der Waals surface area contributed by atoms with E-state index >= 15 is 0 Å². The van der Waals surface area contributed by atoms with Crippen LogP contribution in [0.15, 0.2) is 18.3 Å². The average Bonchev–Trinajstić information content (AvgIpc) is 2.53. The summed E-state index contributed by atoms with van der Waals surface area (Å²) in [6.45, 7) is 1.82. The predicted octanol–water partition coefficient (Wildman–Crippen LogP) is 0.715. The minimum absolute atomic E-state index is 0.0254. The summed E-state index contributed by atoms with van der Waals surface area (Å²) in [5, 5.41) is 0. The number of carbonyl (C=O) groups excluding carboxylic acids is 1. The summed E-state index contributed by atoms with van der Waals surface area (Å²) in [6.07, 6.45) is 2.15. The quantitative estimate of drug-likeness (QED) is 0.721. The third kappa shape index (κ3) is 2.59. The summed E-state index contributed by atoms with van der Waals surface area (Å²) in [5.74, 6) is 0.822. The Morgan fingerprint density at radius 1 is 1.77 bits per heavy atom. The Hall–Kier alpha value is -1.29. The van der Waals surface area contributed by atoms with Gasteiger partial charge in [-0.05, 0) is 19.1 Å². The van der Waals surface area contributed by atoms with E-state index in [1.54, 1.807) is 18.1 Å². The van der Waals surface area contributed by atoms with E-state index in [-0.39, 0.29) is 11.9 Å². The molecule has 4 nitrogen and oxygen atoms in total. The minimum Gasteiger partial charge on any atom is -0.348 e. The van der Waals surface area contributed by atoms with Crippen LogP contribution < -0.4 is 10.6 Å². The van der Waals surface area contributed by atoms with Gasteiger partial charge >= 0.3 is 0 Å². The summed E-state index contributed by atoms with van der Waals surface area (Å²) < 4.78 is 0. The second-order valence-corrected chi connectivity index (χ2v) is 3.19. The van der Waals surface area contributed by atoms with Crippen LogP contribution in [0, 0.1) is 0 Å². The van der Waals surface area contributed by atoms with Crippen molar-refractivity contribution in [2.24, 2.45) is 5.73 Å². The van der Waals surface area contributed by atoms with Crippen LogP contribution in [0.4, 0.5) is 5.82 Å². The topological polar surface area (TPSA) is 62.1 Å². The first-order valence-electron chi connectivity index (χ1n) is 4.27. The van der Waals surface area contributed by atoms with Crippen molar-refractivity contribution in [3.05, 3.63) is 18.3 Å². The Kier molecular flexibility index (Phi) is 3.08. The third-order valence-corrected chi connectivity index (χ3v) is 1.81. The zero-order chi connectivity index (χ0) is 9.84. The molecule has 1 rings (SSSR count). The molecule has 1 amide bonds. The first-order chi connectivity index (χ1) is 6.11. The van der Waals surface area contributed by atoms with Gasteiger partial charge in [0.1, 0.15) is 5.82 Å². The summed E-state index contributed by atoms with van der Waals surface area (Å²) >= 11 is 0. The molecule has 1 aromatic heterocycles. The van der Waals surface area contributed by atoms with E-state index in [4.69, 9.17) is 5.73 Å².